The molecule has 3 rings (SSSR count). The minimum Gasteiger partial charge on any atom is -0.299 e. The Bertz CT molecular complexity index is 978. The molecule has 0 spiro atoms. The topological polar surface area (TPSA) is 80.6 Å². The Morgan fingerprint density at radius 2 is 1.85 bits per heavy atom. The van der Waals surface area contributed by atoms with Crippen LogP contribution in [0.15, 0.2) is 53.7 Å². The Morgan fingerprint density at radius 1 is 1.12 bits per heavy atom. The molecule has 0 saturated carbocycles. The van der Waals surface area contributed by atoms with Gasteiger partial charge in [-0.1, -0.05) is 18.2 Å². The van der Waals surface area contributed by atoms with Crippen LogP contribution in [0.3, 0.4) is 0 Å². The summed E-state index contributed by atoms with van der Waals surface area (Å²) in [5, 5.41) is 3.92. The van der Waals surface area contributed by atoms with Crippen LogP contribution in [0.2, 0.25) is 0 Å². The van der Waals surface area contributed by atoms with Gasteiger partial charge in [0.2, 0.25) is 5.95 Å². The molecule has 134 valence electrons. The Labute approximate surface area is 145 Å². The number of carbonyl (C=O) groups is 1. The summed E-state index contributed by atoms with van der Waals surface area (Å²) in [7, 11) is 0. The van der Waals surface area contributed by atoms with Crippen LogP contribution in [0.25, 0.3) is 5.95 Å². The number of aromatic nitrogens is 4. The molecule has 0 unspecified atom stereocenters. The first-order chi connectivity index (χ1) is 12.3. The van der Waals surface area contributed by atoms with Gasteiger partial charge in [-0.15, -0.1) is 0 Å². The molecule has 0 aliphatic carbocycles. The highest BCUT2D eigenvalue weighted by Gasteiger charge is 2.33. The molecule has 26 heavy (non-hydrogen) atoms. The lowest BCUT2D eigenvalue weighted by Gasteiger charge is -2.12. The van der Waals surface area contributed by atoms with Crippen molar-refractivity contribution < 1.29 is 18.0 Å². The molecule has 1 N–H and O–H groups in total. The predicted molar refractivity (Wildman–Crippen MR) is 85.8 cm³/mol. The molecular weight excluding hydrogens is 349 g/mol. The molecule has 2 aromatic heterocycles. The molecular formula is C17H13F3N4O2. The molecule has 0 radical (unpaired) electrons. The number of Topliss-reactive ketones (excluding diaryl/α,β-unsaturated/α-hetero) is 1. The number of hydrogen-bond acceptors (Lipinski definition) is 4. The van der Waals surface area contributed by atoms with E-state index in [9.17, 15) is 22.8 Å². The van der Waals surface area contributed by atoms with E-state index in [0.29, 0.717) is 0 Å². The van der Waals surface area contributed by atoms with Crippen LogP contribution in [-0.4, -0.2) is 25.5 Å². The van der Waals surface area contributed by atoms with Crippen LogP contribution in [0.5, 0.6) is 0 Å². The molecule has 2 heterocycles. The van der Waals surface area contributed by atoms with E-state index in [1.54, 1.807) is 12.3 Å². The van der Waals surface area contributed by atoms with Gasteiger partial charge in [0.05, 0.1) is 5.56 Å². The minimum absolute atomic E-state index is 0.0791. The number of carbonyl (C=O) groups excluding carboxylic acids is 1. The van der Waals surface area contributed by atoms with E-state index in [1.807, 2.05) is 0 Å². The summed E-state index contributed by atoms with van der Waals surface area (Å²) < 4.78 is 40.3. The number of rotatable bonds is 5. The third-order valence-corrected chi connectivity index (χ3v) is 3.68. The smallest absolute Gasteiger partial charge is 0.299 e. The lowest BCUT2D eigenvalue weighted by Crippen LogP contribution is -2.21. The van der Waals surface area contributed by atoms with Gasteiger partial charge in [0.25, 0.3) is 5.56 Å². The van der Waals surface area contributed by atoms with Crippen molar-refractivity contribution in [2.75, 3.05) is 0 Å². The summed E-state index contributed by atoms with van der Waals surface area (Å²) in [6.07, 6.45) is -0.957. The van der Waals surface area contributed by atoms with Crippen molar-refractivity contribution >= 4 is 5.78 Å². The van der Waals surface area contributed by atoms with E-state index in [1.165, 1.54) is 35.3 Å². The minimum atomic E-state index is -4.54. The Hall–Kier alpha value is -3.23. The Morgan fingerprint density at radius 3 is 2.50 bits per heavy atom. The summed E-state index contributed by atoms with van der Waals surface area (Å²) in [5.74, 6) is -0.334. The SMILES string of the molecule is O=C(Cc1ccccc1C(F)(F)F)Cc1cnc(-n2cccn2)[nH]c1=O. The Kier molecular flexibility index (Phi) is 4.70. The average Bonchev–Trinajstić information content (AvgIpc) is 3.11. The number of nitrogens with one attached hydrogen (secondary N) is 1. The van der Waals surface area contributed by atoms with Gasteiger partial charge in [0, 0.05) is 37.0 Å². The second-order valence-electron chi connectivity index (χ2n) is 5.56. The lowest BCUT2D eigenvalue weighted by atomic mass is 9.99. The van der Waals surface area contributed by atoms with Crippen molar-refractivity contribution in [3.8, 4) is 5.95 Å². The van der Waals surface area contributed by atoms with Crippen LogP contribution in [0.1, 0.15) is 16.7 Å². The number of alkyl halides is 3. The highest BCUT2D eigenvalue weighted by atomic mass is 19.4. The zero-order valence-electron chi connectivity index (χ0n) is 13.3. The summed E-state index contributed by atoms with van der Waals surface area (Å²) in [6, 6.07) is 6.53. The fourth-order valence-electron chi connectivity index (χ4n) is 2.49. The number of benzene rings is 1. The Balaban J connectivity index is 1.76. The average molecular weight is 362 g/mol. The molecule has 1 aromatic carbocycles. The van der Waals surface area contributed by atoms with Crippen LogP contribution in [0, 0.1) is 0 Å². The van der Waals surface area contributed by atoms with E-state index in [0.717, 1.165) is 6.07 Å². The van der Waals surface area contributed by atoms with E-state index >= 15 is 0 Å². The first-order valence-electron chi connectivity index (χ1n) is 7.59. The maximum Gasteiger partial charge on any atom is 0.416 e. The number of halogens is 3. The first-order valence-corrected chi connectivity index (χ1v) is 7.59. The van der Waals surface area contributed by atoms with Gasteiger partial charge in [-0.2, -0.15) is 18.3 Å². The molecule has 3 aromatic rings. The summed E-state index contributed by atoms with van der Waals surface area (Å²) in [4.78, 5) is 30.7. The standard InChI is InChI=1S/C17H13F3N4O2/c18-17(19,20)14-5-2-1-4-11(14)8-13(25)9-12-10-21-16(23-15(12)26)24-7-3-6-22-24/h1-7,10H,8-9H2,(H,21,23,26). The van der Waals surface area contributed by atoms with Crippen molar-refractivity contribution in [3.05, 3.63) is 76.0 Å². The van der Waals surface area contributed by atoms with Gasteiger partial charge in [0.15, 0.2) is 0 Å². The fourth-order valence-corrected chi connectivity index (χ4v) is 2.49. The molecule has 9 heteroatoms. The van der Waals surface area contributed by atoms with Crippen molar-refractivity contribution in [2.45, 2.75) is 19.0 Å². The zero-order chi connectivity index (χ0) is 18.7. The molecule has 0 bridgehead atoms. The first kappa shape index (κ1) is 17.6. The largest absolute Gasteiger partial charge is 0.416 e. The summed E-state index contributed by atoms with van der Waals surface area (Å²) >= 11 is 0. The monoisotopic (exact) mass is 362 g/mol. The van der Waals surface area contributed by atoms with Gasteiger partial charge in [-0.05, 0) is 17.7 Å². The van der Waals surface area contributed by atoms with Crippen LogP contribution < -0.4 is 5.56 Å². The van der Waals surface area contributed by atoms with Crippen LogP contribution in [-0.2, 0) is 23.8 Å². The predicted octanol–water partition coefficient (Wildman–Crippen LogP) is 2.33. The zero-order valence-corrected chi connectivity index (χ0v) is 13.3. The fraction of sp³-hybridized carbons (Fsp3) is 0.176. The second kappa shape index (κ2) is 6.95. The highest BCUT2D eigenvalue weighted by molar-refractivity contribution is 5.83. The van der Waals surface area contributed by atoms with E-state index < -0.39 is 29.5 Å². The number of nitrogens with zero attached hydrogens (tertiary/aromatic N) is 3. The van der Waals surface area contributed by atoms with Crippen LogP contribution in [0.4, 0.5) is 13.2 Å². The lowest BCUT2D eigenvalue weighted by molar-refractivity contribution is -0.138. The van der Waals surface area contributed by atoms with Crippen molar-refractivity contribution in [1.82, 2.24) is 19.7 Å². The van der Waals surface area contributed by atoms with Crippen molar-refractivity contribution in [1.29, 1.82) is 0 Å². The molecule has 0 fully saturated rings. The molecule has 0 amide bonds. The van der Waals surface area contributed by atoms with Crippen LogP contribution >= 0.6 is 0 Å². The highest BCUT2D eigenvalue weighted by Crippen LogP contribution is 2.32. The molecule has 0 aliphatic rings. The van der Waals surface area contributed by atoms with Crippen molar-refractivity contribution in [2.24, 2.45) is 0 Å². The second-order valence-corrected chi connectivity index (χ2v) is 5.56. The van der Waals surface area contributed by atoms with Gasteiger partial charge in [-0.25, -0.2) is 9.67 Å². The summed E-state index contributed by atoms with van der Waals surface area (Å²) in [6.45, 7) is 0. The number of H-pyrrole nitrogens is 1. The van der Waals surface area contributed by atoms with Gasteiger partial charge in [-0.3, -0.25) is 14.6 Å². The van der Waals surface area contributed by atoms with Gasteiger partial charge in [0.1, 0.15) is 5.78 Å². The van der Waals surface area contributed by atoms with E-state index in [-0.39, 0.29) is 23.5 Å². The third kappa shape index (κ3) is 3.88. The molecule has 0 atom stereocenters. The maximum atomic E-state index is 13.0. The van der Waals surface area contributed by atoms with Gasteiger partial charge < -0.3 is 0 Å². The number of aromatic amines is 1. The quantitative estimate of drug-likeness (QED) is 0.755. The number of ketones is 1. The molecule has 6 nitrogen and oxygen atoms in total. The van der Waals surface area contributed by atoms with E-state index in [2.05, 4.69) is 15.1 Å². The molecule has 0 aliphatic heterocycles. The molecule has 0 saturated heterocycles. The summed E-state index contributed by atoms with van der Waals surface area (Å²) in [5.41, 5.74) is -1.43. The van der Waals surface area contributed by atoms with Crippen molar-refractivity contribution in [3.63, 3.8) is 0 Å². The van der Waals surface area contributed by atoms with E-state index in [4.69, 9.17) is 0 Å². The van der Waals surface area contributed by atoms with Gasteiger partial charge >= 0.3 is 6.18 Å². The maximum absolute atomic E-state index is 13.0. The normalized spacial score (nSPS) is 11.5. The number of hydrogen-bond donors (Lipinski definition) is 1. The third-order valence-electron chi connectivity index (χ3n) is 3.68.